The van der Waals surface area contributed by atoms with Crippen LogP contribution in [-0.4, -0.2) is 119 Å². The molecule has 4 aliphatic heterocycles. The standard InChI is InChI=1S/C58H62N4O11S/c1-7-21-68-53-35(3)54-56(73-33-72-54)50-42(53)26-46-51-49-37(24-34(2)52(66-6)55(49)71-32-67-23-22-65-5)25-45(61(51)4)47(27-59)62(46)48(50)29-69-57(63)44(60-58(64)70-28-36-15-9-8-10-16-36)31-74-30-43-40-19-13-11-17-38(40)39-18-12-14-20-41(39)43/h7-20,24,43-48,51H,1,21-23,25-26,28-33H2,2-6H3,(H,60,64)/t44-,45-,46?,47?,48+,51+/m1/s1. The highest BCUT2D eigenvalue weighted by atomic mass is 32.2. The molecule has 6 atom stereocenters. The van der Waals surface area contributed by atoms with Crippen LogP contribution >= 0.6 is 11.8 Å². The van der Waals surface area contributed by atoms with E-state index >= 15 is 0 Å². The molecule has 15 nitrogen and oxygen atoms in total. The van der Waals surface area contributed by atoms with Crippen LogP contribution in [0.2, 0.25) is 0 Å². The predicted octanol–water partition coefficient (Wildman–Crippen LogP) is 8.76. The third-order valence-electron chi connectivity index (χ3n) is 15.0. The number of esters is 1. The number of ether oxygens (including phenoxy) is 9. The van der Waals surface area contributed by atoms with Gasteiger partial charge in [0.25, 0.3) is 0 Å². The average molecular weight is 1020 g/mol. The Morgan fingerprint density at radius 2 is 1.62 bits per heavy atom. The summed E-state index contributed by atoms with van der Waals surface area (Å²) in [6.45, 7) is 8.60. The zero-order valence-corrected chi connectivity index (χ0v) is 43.2. The van der Waals surface area contributed by atoms with Crippen molar-refractivity contribution in [2.75, 3.05) is 72.8 Å². The molecular formula is C58H62N4O11S. The van der Waals surface area contributed by atoms with Gasteiger partial charge in [0, 0.05) is 58.9 Å². The van der Waals surface area contributed by atoms with Gasteiger partial charge in [0.05, 0.1) is 38.5 Å². The van der Waals surface area contributed by atoms with Crippen LogP contribution in [0.3, 0.4) is 0 Å². The van der Waals surface area contributed by atoms with Gasteiger partial charge < -0.3 is 47.9 Å². The number of aryl methyl sites for hydroxylation is 1. The lowest BCUT2D eigenvalue weighted by Crippen LogP contribution is -2.68. The fraction of sp³-hybridized carbons (Fsp3) is 0.397. The van der Waals surface area contributed by atoms with Gasteiger partial charge in [-0.1, -0.05) is 97.6 Å². The summed E-state index contributed by atoms with van der Waals surface area (Å²) in [6.07, 6.45) is 1.89. The molecule has 0 spiro atoms. The van der Waals surface area contributed by atoms with Crippen molar-refractivity contribution in [2.45, 2.75) is 75.5 Å². The van der Waals surface area contributed by atoms with E-state index in [1.807, 2.05) is 44.2 Å². The van der Waals surface area contributed by atoms with E-state index in [1.54, 1.807) is 32.1 Å². The Hall–Kier alpha value is -6.74. The molecule has 5 aromatic carbocycles. The average Bonchev–Trinajstić information content (AvgIpc) is 4.06. The summed E-state index contributed by atoms with van der Waals surface area (Å²) in [7, 11) is 5.31. The zero-order chi connectivity index (χ0) is 51.5. The Morgan fingerprint density at radius 1 is 0.892 bits per heavy atom. The van der Waals surface area contributed by atoms with Gasteiger partial charge in [-0.25, -0.2) is 9.59 Å². The van der Waals surface area contributed by atoms with Gasteiger partial charge in [0.2, 0.25) is 6.79 Å². The van der Waals surface area contributed by atoms with Crippen LogP contribution in [0, 0.1) is 25.2 Å². The van der Waals surface area contributed by atoms with Gasteiger partial charge in [-0.2, -0.15) is 17.0 Å². The fourth-order valence-corrected chi connectivity index (χ4v) is 13.0. The summed E-state index contributed by atoms with van der Waals surface area (Å²) in [5.41, 5.74) is 10.9. The number of amides is 1. The second-order valence-electron chi connectivity index (χ2n) is 19.1. The Morgan fingerprint density at radius 3 is 2.34 bits per heavy atom. The van der Waals surface area contributed by atoms with Crippen LogP contribution in [0.5, 0.6) is 28.7 Å². The number of carbonyl (C=O) groups is 2. The fourth-order valence-electron chi connectivity index (χ4n) is 11.8. The molecule has 1 saturated heterocycles. The second kappa shape index (κ2) is 22.4. The number of nitrogens with one attached hydrogen (secondary N) is 1. The maximum absolute atomic E-state index is 14.9. The van der Waals surface area contributed by atoms with E-state index < -0.39 is 36.2 Å². The van der Waals surface area contributed by atoms with E-state index in [0.717, 1.165) is 38.9 Å². The van der Waals surface area contributed by atoms with E-state index in [1.165, 1.54) is 22.3 Å². The molecule has 4 heterocycles. The van der Waals surface area contributed by atoms with E-state index in [9.17, 15) is 14.9 Å². The summed E-state index contributed by atoms with van der Waals surface area (Å²) >= 11 is 1.56. The van der Waals surface area contributed by atoms with E-state index in [2.05, 4.69) is 89.4 Å². The minimum absolute atomic E-state index is 0.0176. The molecule has 1 aliphatic carbocycles. The molecular weight excluding hydrogens is 961 g/mol. The molecule has 1 N–H and O–H groups in total. The van der Waals surface area contributed by atoms with Gasteiger partial charge in [-0.05, 0) is 72.7 Å². The lowest BCUT2D eigenvalue weighted by atomic mass is 9.71. The molecule has 74 heavy (non-hydrogen) atoms. The third kappa shape index (κ3) is 9.52. The predicted molar refractivity (Wildman–Crippen MR) is 279 cm³/mol. The maximum Gasteiger partial charge on any atom is 0.408 e. The number of rotatable bonds is 20. The highest BCUT2D eigenvalue weighted by molar-refractivity contribution is 7.99. The van der Waals surface area contributed by atoms with E-state index in [0.29, 0.717) is 60.6 Å². The van der Waals surface area contributed by atoms with Crippen molar-refractivity contribution in [3.8, 4) is 45.9 Å². The first-order valence-corrected chi connectivity index (χ1v) is 26.2. The molecule has 5 aliphatic rings. The normalized spacial score (nSPS) is 20.4. The molecule has 10 rings (SSSR count). The molecule has 5 aromatic rings. The van der Waals surface area contributed by atoms with Crippen molar-refractivity contribution < 1.29 is 52.2 Å². The minimum Gasteiger partial charge on any atom is -0.493 e. The number of carbonyl (C=O) groups excluding carboxylic acids is 2. The topological polar surface area (TPSA) is 160 Å². The number of nitriles is 1. The smallest absolute Gasteiger partial charge is 0.408 e. The minimum atomic E-state index is -1.10. The number of methoxy groups -OCH3 is 2. The molecule has 0 radical (unpaired) electrons. The zero-order valence-electron chi connectivity index (χ0n) is 42.4. The molecule has 0 aromatic heterocycles. The van der Waals surface area contributed by atoms with Crippen LogP contribution in [0.15, 0.2) is 97.6 Å². The monoisotopic (exact) mass is 1020 g/mol. The van der Waals surface area contributed by atoms with Crippen molar-refractivity contribution in [3.05, 3.63) is 148 Å². The van der Waals surface area contributed by atoms with Crippen molar-refractivity contribution in [2.24, 2.45) is 0 Å². The summed E-state index contributed by atoms with van der Waals surface area (Å²) in [4.78, 5) is 33.1. The first-order valence-electron chi connectivity index (χ1n) is 25.0. The molecule has 1 amide bonds. The molecule has 2 unspecified atom stereocenters. The summed E-state index contributed by atoms with van der Waals surface area (Å²) in [5, 5.41) is 14.3. The Labute approximate surface area is 436 Å². The van der Waals surface area contributed by atoms with Crippen LogP contribution in [0.4, 0.5) is 4.79 Å². The van der Waals surface area contributed by atoms with Gasteiger partial charge >= 0.3 is 12.1 Å². The second-order valence-corrected chi connectivity index (χ2v) is 20.2. The van der Waals surface area contributed by atoms with Gasteiger partial charge in [0.1, 0.15) is 37.7 Å². The number of hydrogen-bond acceptors (Lipinski definition) is 15. The van der Waals surface area contributed by atoms with Gasteiger partial charge in [0.15, 0.2) is 29.8 Å². The van der Waals surface area contributed by atoms with Crippen molar-refractivity contribution in [1.29, 1.82) is 5.26 Å². The van der Waals surface area contributed by atoms with E-state index in [-0.39, 0.29) is 57.2 Å². The quantitative estimate of drug-likeness (QED) is 0.0341. The number of hydrogen-bond donors (Lipinski definition) is 1. The Kier molecular flexibility index (Phi) is 15.4. The Balaban J connectivity index is 1.01. The van der Waals surface area contributed by atoms with Crippen LogP contribution in [0.1, 0.15) is 68.1 Å². The first-order chi connectivity index (χ1) is 36.2. The number of likely N-dealkylation sites (N-methyl/N-ethyl adjacent to an activating group) is 1. The lowest BCUT2D eigenvalue weighted by molar-refractivity contribution is -0.150. The molecule has 0 saturated carbocycles. The molecule has 386 valence electrons. The number of nitrogens with zero attached hydrogens (tertiary/aromatic N) is 3. The van der Waals surface area contributed by atoms with Crippen molar-refractivity contribution in [1.82, 2.24) is 15.1 Å². The van der Waals surface area contributed by atoms with Crippen LogP contribution in [-0.2, 0) is 43.2 Å². The Bertz CT molecular complexity index is 2900. The molecule has 16 heteroatoms. The number of alkyl carbamates (subject to hydrolysis) is 1. The van der Waals surface area contributed by atoms with Gasteiger partial charge in [-0.3, -0.25) is 9.80 Å². The number of benzene rings is 5. The summed E-state index contributed by atoms with van der Waals surface area (Å²) in [6, 6.07) is 27.5. The van der Waals surface area contributed by atoms with E-state index in [4.69, 9.17) is 42.6 Å². The SMILES string of the molecule is C=CCOc1c(C)c2c(c3c1CC1[C@H]4c5c(cc(C)c(OC)c5OCOCCOC)C[C@H](C(C#N)N1[C@H]3COC(=O)[C@@H](CSCC1c3ccccc3-c3ccccc31)NC(=O)OCc1ccccc1)N4C)OCO2. The number of fused-ring (bicyclic) bond motifs is 12. The number of thioether (sulfide) groups is 1. The van der Waals surface area contributed by atoms with Crippen molar-refractivity contribution in [3.63, 3.8) is 0 Å². The molecule has 1 fully saturated rings. The lowest BCUT2D eigenvalue weighted by Gasteiger charge is -2.60. The maximum atomic E-state index is 14.9. The largest absolute Gasteiger partial charge is 0.493 e. The summed E-state index contributed by atoms with van der Waals surface area (Å²) in [5.74, 6) is 3.11. The van der Waals surface area contributed by atoms with Crippen LogP contribution in [0.25, 0.3) is 11.1 Å². The highest BCUT2D eigenvalue weighted by Gasteiger charge is 2.57. The van der Waals surface area contributed by atoms with Crippen LogP contribution < -0.4 is 29.0 Å². The third-order valence-corrected chi connectivity index (χ3v) is 16.2. The highest BCUT2D eigenvalue weighted by Crippen LogP contribution is 2.59. The molecule has 2 bridgehead atoms. The summed E-state index contributed by atoms with van der Waals surface area (Å²) < 4.78 is 55.0. The first kappa shape index (κ1) is 50.8. The van der Waals surface area contributed by atoms with Gasteiger partial charge in [-0.15, -0.1) is 0 Å². The number of piperazine rings is 1. The van der Waals surface area contributed by atoms with Crippen molar-refractivity contribution >= 4 is 23.8 Å².